The van der Waals surface area contributed by atoms with Crippen LogP contribution in [0.4, 0.5) is 5.69 Å². The summed E-state index contributed by atoms with van der Waals surface area (Å²) in [5, 5.41) is 1.04. The van der Waals surface area contributed by atoms with Crippen molar-refractivity contribution in [1.82, 2.24) is 9.88 Å². The number of pyridine rings is 1. The second-order valence-corrected chi connectivity index (χ2v) is 4.94. The van der Waals surface area contributed by atoms with Crippen LogP contribution in [0.25, 0.3) is 10.9 Å². The van der Waals surface area contributed by atoms with Crippen molar-refractivity contribution < 1.29 is 0 Å². The Morgan fingerprint density at radius 3 is 2.74 bits per heavy atom. The summed E-state index contributed by atoms with van der Waals surface area (Å²) >= 11 is 0. The summed E-state index contributed by atoms with van der Waals surface area (Å²) in [5.74, 6) is 0. The van der Waals surface area contributed by atoms with Crippen molar-refractivity contribution in [1.29, 1.82) is 0 Å². The van der Waals surface area contributed by atoms with E-state index in [0.717, 1.165) is 41.9 Å². The lowest BCUT2D eigenvalue weighted by Crippen LogP contribution is -2.24. The van der Waals surface area contributed by atoms with Crippen molar-refractivity contribution in [3.63, 3.8) is 0 Å². The van der Waals surface area contributed by atoms with Gasteiger partial charge in [-0.05, 0) is 31.6 Å². The smallest absolute Gasteiger partial charge is 0.0726 e. The molecule has 0 saturated carbocycles. The number of anilines is 1. The quantitative estimate of drug-likeness (QED) is 0.862. The van der Waals surface area contributed by atoms with E-state index in [-0.39, 0.29) is 0 Å². The third-order valence-electron chi connectivity index (χ3n) is 3.46. The lowest BCUT2D eigenvalue weighted by Gasteiger charge is -2.20. The third-order valence-corrected chi connectivity index (χ3v) is 3.46. The van der Waals surface area contributed by atoms with Gasteiger partial charge in [0.15, 0.2) is 0 Å². The number of hydrogen-bond donors (Lipinski definition) is 1. The number of benzene rings is 1. The van der Waals surface area contributed by atoms with Crippen LogP contribution in [0, 0.1) is 0 Å². The molecule has 0 saturated heterocycles. The van der Waals surface area contributed by atoms with E-state index in [1.165, 1.54) is 12.8 Å². The molecular formula is C16H23N3. The van der Waals surface area contributed by atoms with Gasteiger partial charge < -0.3 is 5.73 Å². The number of hydrogen-bond acceptors (Lipinski definition) is 3. The zero-order chi connectivity index (χ0) is 13.7. The molecule has 0 aliphatic rings. The van der Waals surface area contributed by atoms with Gasteiger partial charge in [-0.25, -0.2) is 0 Å². The van der Waals surface area contributed by atoms with E-state index < -0.39 is 0 Å². The molecule has 0 aliphatic heterocycles. The van der Waals surface area contributed by atoms with E-state index >= 15 is 0 Å². The van der Waals surface area contributed by atoms with Gasteiger partial charge in [0, 0.05) is 17.6 Å². The average molecular weight is 257 g/mol. The third kappa shape index (κ3) is 3.44. The van der Waals surface area contributed by atoms with Crippen LogP contribution in [-0.4, -0.2) is 23.0 Å². The SMILES string of the molecule is CCCCN(CC)Cc1cc(N)c2ccccc2n1. The van der Waals surface area contributed by atoms with Crippen LogP contribution in [0.3, 0.4) is 0 Å². The van der Waals surface area contributed by atoms with Crippen LogP contribution in [-0.2, 0) is 6.54 Å². The van der Waals surface area contributed by atoms with Gasteiger partial charge in [0.25, 0.3) is 0 Å². The zero-order valence-electron chi connectivity index (χ0n) is 11.9. The molecule has 0 atom stereocenters. The Morgan fingerprint density at radius 2 is 2.00 bits per heavy atom. The van der Waals surface area contributed by atoms with Gasteiger partial charge in [0.1, 0.15) is 0 Å². The number of fused-ring (bicyclic) bond motifs is 1. The van der Waals surface area contributed by atoms with Crippen LogP contribution in [0.5, 0.6) is 0 Å². The Balaban J connectivity index is 2.20. The normalized spacial score (nSPS) is 11.3. The average Bonchev–Trinajstić information content (AvgIpc) is 2.43. The summed E-state index contributed by atoms with van der Waals surface area (Å²) in [6, 6.07) is 10.1. The van der Waals surface area contributed by atoms with Gasteiger partial charge in [-0.2, -0.15) is 0 Å². The van der Waals surface area contributed by atoms with Gasteiger partial charge in [-0.1, -0.05) is 38.5 Å². The zero-order valence-corrected chi connectivity index (χ0v) is 11.9. The van der Waals surface area contributed by atoms with E-state index in [4.69, 9.17) is 10.7 Å². The first-order chi connectivity index (χ1) is 9.24. The highest BCUT2D eigenvalue weighted by Gasteiger charge is 2.07. The molecule has 1 heterocycles. The van der Waals surface area contributed by atoms with Crippen LogP contribution >= 0.6 is 0 Å². The molecular weight excluding hydrogens is 234 g/mol. The van der Waals surface area contributed by atoms with Crippen LogP contribution in [0.15, 0.2) is 30.3 Å². The first-order valence-corrected chi connectivity index (χ1v) is 7.11. The Kier molecular flexibility index (Phi) is 4.74. The summed E-state index contributed by atoms with van der Waals surface area (Å²) in [7, 11) is 0. The van der Waals surface area contributed by atoms with E-state index in [9.17, 15) is 0 Å². The number of nitrogens with zero attached hydrogens (tertiary/aromatic N) is 2. The van der Waals surface area contributed by atoms with Crippen LogP contribution in [0.1, 0.15) is 32.4 Å². The molecule has 0 spiro atoms. The Bertz CT molecular complexity index is 537. The number of nitrogens with two attached hydrogens (primary N) is 1. The standard InChI is InChI=1S/C16H23N3/c1-3-5-10-19(4-2)12-13-11-15(17)14-8-6-7-9-16(14)18-13/h6-9,11H,3-5,10,12H2,1-2H3,(H2,17,18). The number of unbranched alkanes of at least 4 members (excludes halogenated alkanes) is 1. The molecule has 2 aromatic rings. The molecule has 102 valence electrons. The van der Waals surface area contributed by atoms with Crippen molar-refractivity contribution >= 4 is 16.6 Å². The molecule has 0 fully saturated rings. The maximum absolute atomic E-state index is 6.12. The van der Waals surface area contributed by atoms with Gasteiger partial charge in [0.2, 0.25) is 0 Å². The first-order valence-electron chi connectivity index (χ1n) is 7.11. The minimum atomic E-state index is 0.826. The van der Waals surface area contributed by atoms with Crippen molar-refractivity contribution in [3.05, 3.63) is 36.0 Å². The van der Waals surface area contributed by atoms with Crippen molar-refractivity contribution in [2.45, 2.75) is 33.2 Å². The fourth-order valence-electron chi connectivity index (χ4n) is 2.30. The summed E-state index contributed by atoms with van der Waals surface area (Å²) in [4.78, 5) is 7.13. The number of para-hydroxylation sites is 1. The van der Waals surface area contributed by atoms with E-state index in [0.29, 0.717) is 0 Å². The van der Waals surface area contributed by atoms with Crippen molar-refractivity contribution in [3.8, 4) is 0 Å². The predicted octanol–water partition coefficient (Wildman–Crippen LogP) is 3.44. The molecule has 0 aliphatic carbocycles. The summed E-state index contributed by atoms with van der Waals surface area (Å²) < 4.78 is 0. The molecule has 1 aromatic carbocycles. The van der Waals surface area contributed by atoms with E-state index in [1.54, 1.807) is 0 Å². The maximum Gasteiger partial charge on any atom is 0.0726 e. The maximum atomic E-state index is 6.12. The molecule has 0 bridgehead atoms. The number of aromatic nitrogens is 1. The second-order valence-electron chi connectivity index (χ2n) is 4.94. The van der Waals surface area contributed by atoms with Gasteiger partial charge in [-0.15, -0.1) is 0 Å². The Morgan fingerprint density at radius 1 is 1.21 bits per heavy atom. The lowest BCUT2D eigenvalue weighted by atomic mass is 10.1. The largest absolute Gasteiger partial charge is 0.398 e. The monoisotopic (exact) mass is 257 g/mol. The van der Waals surface area contributed by atoms with Gasteiger partial charge >= 0.3 is 0 Å². The van der Waals surface area contributed by atoms with Crippen molar-refractivity contribution in [2.24, 2.45) is 0 Å². The van der Waals surface area contributed by atoms with Crippen LogP contribution < -0.4 is 5.73 Å². The first kappa shape index (κ1) is 13.8. The molecule has 3 nitrogen and oxygen atoms in total. The molecule has 3 heteroatoms. The predicted molar refractivity (Wildman–Crippen MR) is 82.0 cm³/mol. The highest BCUT2D eigenvalue weighted by molar-refractivity contribution is 5.90. The molecule has 0 radical (unpaired) electrons. The molecule has 1 aromatic heterocycles. The molecule has 2 N–H and O–H groups in total. The number of rotatable bonds is 6. The molecule has 0 amide bonds. The van der Waals surface area contributed by atoms with Gasteiger partial charge in [0.05, 0.1) is 11.2 Å². The number of nitrogen functional groups attached to an aromatic ring is 1. The fraction of sp³-hybridized carbons (Fsp3) is 0.438. The lowest BCUT2D eigenvalue weighted by molar-refractivity contribution is 0.272. The summed E-state index contributed by atoms with van der Waals surface area (Å²) in [6.45, 7) is 7.47. The highest BCUT2D eigenvalue weighted by atomic mass is 15.1. The minimum absolute atomic E-state index is 0.826. The van der Waals surface area contributed by atoms with E-state index in [2.05, 4.69) is 18.7 Å². The molecule has 2 rings (SSSR count). The molecule has 19 heavy (non-hydrogen) atoms. The Hall–Kier alpha value is -1.61. The summed E-state index contributed by atoms with van der Waals surface area (Å²) in [5.41, 5.74) is 9.00. The minimum Gasteiger partial charge on any atom is -0.398 e. The second kappa shape index (κ2) is 6.53. The van der Waals surface area contributed by atoms with E-state index in [1.807, 2.05) is 30.3 Å². The Labute approximate surface area is 115 Å². The topological polar surface area (TPSA) is 42.1 Å². The van der Waals surface area contributed by atoms with Crippen molar-refractivity contribution in [2.75, 3.05) is 18.8 Å². The summed E-state index contributed by atoms with van der Waals surface area (Å²) in [6.07, 6.45) is 2.46. The van der Waals surface area contributed by atoms with Gasteiger partial charge in [-0.3, -0.25) is 9.88 Å². The molecule has 0 unspecified atom stereocenters. The fourth-order valence-corrected chi connectivity index (χ4v) is 2.30. The van der Waals surface area contributed by atoms with Crippen LogP contribution in [0.2, 0.25) is 0 Å². The highest BCUT2D eigenvalue weighted by Crippen LogP contribution is 2.20.